The maximum atomic E-state index is 6.33. The second kappa shape index (κ2) is 7.11. The number of hydrogen-bond donors (Lipinski definition) is 1. The molecule has 0 saturated heterocycles. The van der Waals surface area contributed by atoms with Crippen molar-refractivity contribution < 1.29 is 0 Å². The van der Waals surface area contributed by atoms with Gasteiger partial charge in [0.2, 0.25) is 0 Å². The maximum Gasteiger partial charge on any atom is 0.0837 e. The van der Waals surface area contributed by atoms with Crippen LogP contribution in [-0.4, -0.2) is 16.3 Å². The molecule has 0 spiro atoms. The van der Waals surface area contributed by atoms with E-state index in [4.69, 9.17) is 23.2 Å². The minimum absolute atomic E-state index is 0.0298. The summed E-state index contributed by atoms with van der Waals surface area (Å²) >= 11 is 12.3. The average Bonchev–Trinajstić information content (AvgIpc) is 2.82. The average molecular weight is 312 g/mol. The number of nitrogens with one attached hydrogen (secondary N) is 1. The van der Waals surface area contributed by atoms with Crippen molar-refractivity contribution in [3.63, 3.8) is 0 Å². The van der Waals surface area contributed by atoms with Crippen LogP contribution in [0.25, 0.3) is 0 Å². The molecule has 108 valence electrons. The highest BCUT2D eigenvalue weighted by Crippen LogP contribution is 2.29. The Balaban J connectivity index is 2.41. The highest BCUT2D eigenvalue weighted by molar-refractivity contribution is 6.31. The van der Waals surface area contributed by atoms with Crippen LogP contribution in [0, 0.1) is 0 Å². The molecule has 1 N–H and O–H groups in total. The lowest BCUT2D eigenvalue weighted by Gasteiger charge is -2.21. The van der Waals surface area contributed by atoms with Gasteiger partial charge in [-0.15, -0.1) is 0 Å². The van der Waals surface area contributed by atoms with Gasteiger partial charge in [0.15, 0.2) is 0 Å². The molecule has 0 aliphatic rings. The second-order valence-electron chi connectivity index (χ2n) is 4.63. The molecule has 1 unspecified atom stereocenters. The number of halogens is 2. The monoisotopic (exact) mass is 311 g/mol. The van der Waals surface area contributed by atoms with Gasteiger partial charge in [-0.3, -0.25) is 4.68 Å². The quantitative estimate of drug-likeness (QED) is 0.862. The molecule has 0 bridgehead atoms. The Morgan fingerprint density at radius 1 is 1.20 bits per heavy atom. The summed E-state index contributed by atoms with van der Waals surface area (Å²) in [5.41, 5.74) is 2.14. The van der Waals surface area contributed by atoms with Crippen LogP contribution in [0.15, 0.2) is 30.5 Å². The van der Waals surface area contributed by atoms with E-state index in [0.717, 1.165) is 35.8 Å². The Labute approximate surface area is 129 Å². The molecule has 2 aromatic rings. The predicted octanol–water partition coefficient (Wildman–Crippen LogP) is 4.30. The van der Waals surface area contributed by atoms with Crippen LogP contribution in [0.2, 0.25) is 10.0 Å². The summed E-state index contributed by atoms with van der Waals surface area (Å²) in [4.78, 5) is 0. The molecule has 1 aromatic carbocycles. The summed E-state index contributed by atoms with van der Waals surface area (Å²) < 4.78 is 1.93. The predicted molar refractivity (Wildman–Crippen MR) is 84.5 cm³/mol. The molecular weight excluding hydrogens is 293 g/mol. The van der Waals surface area contributed by atoms with E-state index >= 15 is 0 Å². The summed E-state index contributed by atoms with van der Waals surface area (Å²) in [5, 5.41) is 9.28. The third kappa shape index (κ3) is 3.35. The molecule has 3 nitrogen and oxygen atoms in total. The Morgan fingerprint density at radius 3 is 2.50 bits per heavy atom. The Morgan fingerprint density at radius 2 is 1.90 bits per heavy atom. The number of benzene rings is 1. The molecule has 0 aliphatic heterocycles. The van der Waals surface area contributed by atoms with E-state index in [2.05, 4.69) is 24.3 Å². The van der Waals surface area contributed by atoms with Crippen molar-refractivity contribution in [2.75, 3.05) is 6.54 Å². The summed E-state index contributed by atoms with van der Waals surface area (Å²) in [7, 11) is 0. The molecule has 2 rings (SSSR count). The zero-order valence-electron chi connectivity index (χ0n) is 11.7. The van der Waals surface area contributed by atoms with Gasteiger partial charge in [-0.25, -0.2) is 0 Å². The summed E-state index contributed by atoms with van der Waals surface area (Å²) in [6.07, 6.45) is 2.76. The van der Waals surface area contributed by atoms with E-state index in [-0.39, 0.29) is 6.04 Å². The highest BCUT2D eigenvalue weighted by atomic mass is 35.5. The van der Waals surface area contributed by atoms with E-state index in [1.807, 2.05) is 28.9 Å². The number of nitrogens with zero attached hydrogens (tertiary/aromatic N) is 2. The zero-order valence-corrected chi connectivity index (χ0v) is 13.2. The first-order valence-electron chi connectivity index (χ1n) is 6.87. The van der Waals surface area contributed by atoms with Gasteiger partial charge in [0, 0.05) is 11.6 Å². The van der Waals surface area contributed by atoms with Gasteiger partial charge in [0.05, 0.1) is 23.0 Å². The van der Waals surface area contributed by atoms with E-state index in [1.165, 1.54) is 0 Å². The van der Waals surface area contributed by atoms with E-state index in [1.54, 1.807) is 6.20 Å². The molecule has 0 radical (unpaired) electrons. The molecule has 1 heterocycles. The molecule has 20 heavy (non-hydrogen) atoms. The first-order valence-corrected chi connectivity index (χ1v) is 7.63. The lowest BCUT2D eigenvalue weighted by molar-refractivity contribution is 0.530. The van der Waals surface area contributed by atoms with Crippen LogP contribution in [0.4, 0.5) is 0 Å². The summed E-state index contributed by atoms with van der Waals surface area (Å²) in [6.45, 7) is 5.91. The number of rotatable bonds is 6. The van der Waals surface area contributed by atoms with E-state index in [9.17, 15) is 0 Å². The lowest BCUT2D eigenvalue weighted by Crippen LogP contribution is -2.26. The molecule has 0 fully saturated rings. The molecule has 1 aromatic heterocycles. The molecule has 0 saturated carbocycles. The summed E-state index contributed by atoms with van der Waals surface area (Å²) in [5.74, 6) is 0. The summed E-state index contributed by atoms with van der Waals surface area (Å²) in [6, 6.07) is 7.89. The Hall–Kier alpha value is -1.03. The Kier molecular flexibility index (Phi) is 5.46. The van der Waals surface area contributed by atoms with Crippen LogP contribution in [0.3, 0.4) is 0 Å². The Bertz CT molecular complexity index is 549. The fourth-order valence-electron chi connectivity index (χ4n) is 2.23. The van der Waals surface area contributed by atoms with Crippen LogP contribution in [-0.2, 0) is 6.54 Å². The van der Waals surface area contributed by atoms with Gasteiger partial charge in [-0.1, -0.05) is 42.3 Å². The third-order valence-corrected chi connectivity index (χ3v) is 3.75. The minimum atomic E-state index is 0.0298. The highest BCUT2D eigenvalue weighted by Gasteiger charge is 2.21. The van der Waals surface area contributed by atoms with Crippen molar-refractivity contribution >= 4 is 23.2 Å². The molecule has 0 amide bonds. The minimum Gasteiger partial charge on any atom is -0.305 e. The van der Waals surface area contributed by atoms with Crippen molar-refractivity contribution in [2.45, 2.75) is 32.9 Å². The van der Waals surface area contributed by atoms with Gasteiger partial charge >= 0.3 is 0 Å². The first kappa shape index (κ1) is 15.4. The van der Waals surface area contributed by atoms with Crippen molar-refractivity contribution in [3.8, 4) is 0 Å². The third-order valence-electron chi connectivity index (χ3n) is 3.21. The number of hydrogen-bond acceptors (Lipinski definition) is 2. The molecular formula is C15H19Cl2N3. The molecule has 0 aliphatic carbocycles. The van der Waals surface area contributed by atoms with E-state index < -0.39 is 0 Å². The van der Waals surface area contributed by atoms with Crippen LogP contribution >= 0.6 is 23.2 Å². The number of aromatic nitrogens is 2. The van der Waals surface area contributed by atoms with Gasteiger partial charge in [0.25, 0.3) is 0 Å². The first-order chi connectivity index (χ1) is 9.67. The molecule has 1 atom stereocenters. The lowest BCUT2D eigenvalue weighted by atomic mass is 10.0. The fraction of sp³-hybridized carbons (Fsp3) is 0.400. The van der Waals surface area contributed by atoms with Crippen molar-refractivity contribution in [1.82, 2.24) is 15.1 Å². The second-order valence-corrected chi connectivity index (χ2v) is 5.48. The smallest absolute Gasteiger partial charge is 0.0837 e. The fourth-order valence-corrected chi connectivity index (χ4v) is 2.60. The van der Waals surface area contributed by atoms with Crippen LogP contribution < -0.4 is 5.32 Å². The topological polar surface area (TPSA) is 29.9 Å². The maximum absolute atomic E-state index is 6.33. The van der Waals surface area contributed by atoms with Gasteiger partial charge in [0.1, 0.15) is 0 Å². The van der Waals surface area contributed by atoms with Gasteiger partial charge in [-0.05, 0) is 37.6 Å². The molecule has 5 heteroatoms. The van der Waals surface area contributed by atoms with E-state index in [0.29, 0.717) is 5.02 Å². The standard InChI is InChI=1S/C15H19Cl2N3/c1-3-9-18-14(11-5-7-12(16)8-6-11)15-13(17)10-19-20(15)4-2/h5-8,10,14,18H,3-4,9H2,1-2H3. The number of aryl methyl sites for hydroxylation is 1. The largest absolute Gasteiger partial charge is 0.305 e. The zero-order chi connectivity index (χ0) is 14.5. The van der Waals surface area contributed by atoms with Gasteiger partial charge < -0.3 is 5.32 Å². The van der Waals surface area contributed by atoms with Crippen molar-refractivity contribution in [1.29, 1.82) is 0 Å². The van der Waals surface area contributed by atoms with Crippen LogP contribution in [0.1, 0.15) is 37.6 Å². The normalized spacial score (nSPS) is 12.6. The van der Waals surface area contributed by atoms with Crippen LogP contribution in [0.5, 0.6) is 0 Å². The van der Waals surface area contributed by atoms with Crippen molar-refractivity contribution in [2.24, 2.45) is 0 Å². The van der Waals surface area contributed by atoms with Crippen molar-refractivity contribution in [3.05, 3.63) is 51.8 Å². The SMILES string of the molecule is CCCNC(c1ccc(Cl)cc1)c1c(Cl)cnn1CC. The van der Waals surface area contributed by atoms with Gasteiger partial charge in [-0.2, -0.15) is 5.10 Å².